The average Bonchev–Trinajstić information content (AvgIpc) is 2.74. The van der Waals surface area contributed by atoms with Gasteiger partial charge in [0.15, 0.2) is 0 Å². The van der Waals surface area contributed by atoms with E-state index in [0.29, 0.717) is 10.8 Å². The largest absolute Gasteiger partial charge is 0.495 e. The minimum absolute atomic E-state index is 0.622. The molecule has 0 saturated carbocycles. The Balaban J connectivity index is 2.07. The zero-order valence-electron chi connectivity index (χ0n) is 9.90. The summed E-state index contributed by atoms with van der Waals surface area (Å²) in [6, 6.07) is 9.77. The number of halogens is 1. The number of aromatic nitrogens is 1. The van der Waals surface area contributed by atoms with Gasteiger partial charge in [0.25, 0.3) is 0 Å². The second kappa shape index (κ2) is 5.15. The summed E-state index contributed by atoms with van der Waals surface area (Å²) >= 11 is 5.96. The highest BCUT2D eigenvalue weighted by Gasteiger charge is 2.02. The summed E-state index contributed by atoms with van der Waals surface area (Å²) in [6.07, 6.45) is 2.03. The van der Waals surface area contributed by atoms with E-state index < -0.39 is 0 Å². The molecule has 0 atom stereocenters. The number of hydrogen-bond acceptors (Lipinski definition) is 2. The molecule has 0 fully saturated rings. The molecule has 17 heavy (non-hydrogen) atoms. The van der Waals surface area contributed by atoms with Crippen LogP contribution in [-0.2, 0) is 13.6 Å². The lowest BCUT2D eigenvalue weighted by molar-refractivity contribution is 0.415. The highest BCUT2D eigenvalue weighted by molar-refractivity contribution is 6.32. The highest BCUT2D eigenvalue weighted by atomic mass is 35.5. The molecule has 0 aliphatic carbocycles. The number of nitrogens with zero attached hydrogens (tertiary/aromatic N) is 1. The molecule has 4 heteroatoms. The zero-order chi connectivity index (χ0) is 12.3. The predicted octanol–water partition coefficient (Wildman–Crippen LogP) is 3.30. The summed E-state index contributed by atoms with van der Waals surface area (Å²) < 4.78 is 7.25. The first kappa shape index (κ1) is 11.9. The number of anilines is 1. The monoisotopic (exact) mass is 250 g/mol. The Kier molecular flexibility index (Phi) is 3.59. The molecule has 0 aliphatic heterocycles. The van der Waals surface area contributed by atoms with E-state index in [4.69, 9.17) is 16.3 Å². The first-order chi connectivity index (χ1) is 8.20. The summed E-state index contributed by atoms with van der Waals surface area (Å²) in [4.78, 5) is 0. The van der Waals surface area contributed by atoms with Gasteiger partial charge in [-0.05, 0) is 24.3 Å². The van der Waals surface area contributed by atoms with Crippen LogP contribution in [0, 0.1) is 0 Å². The second-order valence-electron chi connectivity index (χ2n) is 3.81. The Bertz CT molecular complexity index is 508. The van der Waals surface area contributed by atoms with Crippen LogP contribution in [0.2, 0.25) is 5.02 Å². The van der Waals surface area contributed by atoms with Crippen LogP contribution in [0.25, 0.3) is 0 Å². The lowest BCUT2D eigenvalue weighted by atomic mass is 10.3. The predicted molar refractivity (Wildman–Crippen MR) is 70.7 cm³/mol. The first-order valence-electron chi connectivity index (χ1n) is 5.38. The van der Waals surface area contributed by atoms with E-state index >= 15 is 0 Å². The van der Waals surface area contributed by atoms with E-state index in [1.165, 1.54) is 5.69 Å². The topological polar surface area (TPSA) is 26.2 Å². The maximum Gasteiger partial charge on any atom is 0.139 e. The summed E-state index contributed by atoms with van der Waals surface area (Å²) in [5, 5.41) is 3.95. The van der Waals surface area contributed by atoms with Crippen LogP contribution in [0.5, 0.6) is 5.75 Å². The fourth-order valence-corrected chi connectivity index (χ4v) is 1.84. The molecule has 0 radical (unpaired) electrons. The average molecular weight is 251 g/mol. The number of aryl methyl sites for hydroxylation is 1. The lowest BCUT2D eigenvalue weighted by Crippen LogP contribution is -2.04. The second-order valence-corrected chi connectivity index (χ2v) is 4.22. The summed E-state index contributed by atoms with van der Waals surface area (Å²) in [6.45, 7) is 0.772. The van der Waals surface area contributed by atoms with Crippen molar-refractivity contribution in [3.8, 4) is 5.75 Å². The standard InChI is InChI=1S/C13H15ClN2O/c1-16-7-3-4-11(16)9-15-10-5-6-12(14)13(8-10)17-2/h3-8,15H,9H2,1-2H3. The molecule has 1 heterocycles. The molecule has 3 nitrogen and oxygen atoms in total. The van der Waals surface area contributed by atoms with Gasteiger partial charge in [0, 0.05) is 30.7 Å². The Morgan fingerprint density at radius 1 is 1.35 bits per heavy atom. The summed E-state index contributed by atoms with van der Waals surface area (Å²) in [5.41, 5.74) is 2.21. The maximum atomic E-state index is 5.96. The van der Waals surface area contributed by atoms with Crippen molar-refractivity contribution in [1.29, 1.82) is 0 Å². The van der Waals surface area contributed by atoms with Gasteiger partial charge in [-0.15, -0.1) is 0 Å². The van der Waals surface area contributed by atoms with Crippen molar-refractivity contribution in [3.05, 3.63) is 47.2 Å². The van der Waals surface area contributed by atoms with Crippen LogP contribution in [0.1, 0.15) is 5.69 Å². The highest BCUT2D eigenvalue weighted by Crippen LogP contribution is 2.27. The lowest BCUT2D eigenvalue weighted by Gasteiger charge is -2.10. The molecule has 2 rings (SSSR count). The van der Waals surface area contributed by atoms with Gasteiger partial charge in [-0.2, -0.15) is 0 Å². The van der Waals surface area contributed by atoms with Crippen molar-refractivity contribution in [2.24, 2.45) is 7.05 Å². The Morgan fingerprint density at radius 3 is 2.82 bits per heavy atom. The van der Waals surface area contributed by atoms with E-state index in [1.54, 1.807) is 7.11 Å². The number of rotatable bonds is 4. The fourth-order valence-electron chi connectivity index (χ4n) is 1.64. The molecular weight excluding hydrogens is 236 g/mol. The van der Waals surface area contributed by atoms with Gasteiger partial charge < -0.3 is 14.6 Å². The van der Waals surface area contributed by atoms with Crippen molar-refractivity contribution in [3.63, 3.8) is 0 Å². The van der Waals surface area contributed by atoms with Crippen LogP contribution in [0.15, 0.2) is 36.5 Å². The third kappa shape index (κ3) is 2.74. The van der Waals surface area contributed by atoms with Gasteiger partial charge in [-0.1, -0.05) is 11.6 Å². The SMILES string of the molecule is COc1cc(NCc2cccn2C)ccc1Cl. The number of nitrogens with one attached hydrogen (secondary N) is 1. The Hall–Kier alpha value is -1.61. The molecule has 1 aromatic heterocycles. The molecule has 1 aromatic carbocycles. The maximum absolute atomic E-state index is 5.96. The van der Waals surface area contributed by atoms with Gasteiger partial charge in [-0.25, -0.2) is 0 Å². The van der Waals surface area contributed by atoms with E-state index in [2.05, 4.69) is 16.0 Å². The van der Waals surface area contributed by atoms with Crippen LogP contribution in [0.4, 0.5) is 5.69 Å². The molecule has 2 aromatic rings. The molecule has 1 N–H and O–H groups in total. The Morgan fingerprint density at radius 2 is 2.18 bits per heavy atom. The molecule has 0 amide bonds. The molecule has 0 aliphatic rings. The summed E-state index contributed by atoms with van der Waals surface area (Å²) in [5.74, 6) is 0.684. The van der Waals surface area contributed by atoms with Crippen molar-refractivity contribution >= 4 is 17.3 Å². The minimum atomic E-state index is 0.622. The van der Waals surface area contributed by atoms with Gasteiger partial charge in [-0.3, -0.25) is 0 Å². The van der Waals surface area contributed by atoms with Gasteiger partial charge in [0.2, 0.25) is 0 Å². The van der Waals surface area contributed by atoms with Crippen molar-refractivity contribution in [2.45, 2.75) is 6.54 Å². The van der Waals surface area contributed by atoms with E-state index in [-0.39, 0.29) is 0 Å². The smallest absolute Gasteiger partial charge is 0.139 e. The number of ether oxygens (including phenoxy) is 1. The minimum Gasteiger partial charge on any atom is -0.495 e. The fraction of sp³-hybridized carbons (Fsp3) is 0.231. The number of benzene rings is 1. The number of methoxy groups -OCH3 is 1. The van der Waals surface area contributed by atoms with Gasteiger partial charge in [0.1, 0.15) is 5.75 Å². The quantitative estimate of drug-likeness (QED) is 0.901. The molecule has 0 bridgehead atoms. The normalized spacial score (nSPS) is 10.3. The zero-order valence-corrected chi connectivity index (χ0v) is 10.7. The molecule has 0 spiro atoms. The Labute approximate surface area is 106 Å². The summed E-state index contributed by atoms with van der Waals surface area (Å²) in [7, 11) is 3.64. The van der Waals surface area contributed by atoms with Crippen LogP contribution >= 0.6 is 11.6 Å². The third-order valence-corrected chi connectivity index (χ3v) is 2.99. The van der Waals surface area contributed by atoms with Crippen molar-refractivity contribution in [2.75, 3.05) is 12.4 Å². The van der Waals surface area contributed by atoms with Crippen molar-refractivity contribution in [1.82, 2.24) is 4.57 Å². The number of hydrogen-bond donors (Lipinski definition) is 1. The first-order valence-corrected chi connectivity index (χ1v) is 5.76. The molecule has 0 unspecified atom stereocenters. The van der Waals surface area contributed by atoms with E-state index in [9.17, 15) is 0 Å². The molecule has 90 valence electrons. The van der Waals surface area contributed by atoms with E-state index in [0.717, 1.165) is 12.2 Å². The van der Waals surface area contributed by atoms with Crippen LogP contribution in [-0.4, -0.2) is 11.7 Å². The van der Waals surface area contributed by atoms with Gasteiger partial charge >= 0.3 is 0 Å². The van der Waals surface area contributed by atoms with Crippen LogP contribution < -0.4 is 10.1 Å². The van der Waals surface area contributed by atoms with Crippen molar-refractivity contribution < 1.29 is 4.74 Å². The third-order valence-electron chi connectivity index (χ3n) is 2.68. The molecular formula is C13H15ClN2O. The molecule has 0 saturated heterocycles. The van der Waals surface area contributed by atoms with Crippen LogP contribution in [0.3, 0.4) is 0 Å². The van der Waals surface area contributed by atoms with E-state index in [1.807, 2.05) is 37.5 Å². The van der Waals surface area contributed by atoms with Gasteiger partial charge in [0.05, 0.1) is 18.7 Å².